The minimum atomic E-state index is -0.451. The van der Waals surface area contributed by atoms with Crippen molar-refractivity contribution in [2.75, 3.05) is 38.5 Å². The molecule has 2 aliphatic heterocycles. The van der Waals surface area contributed by atoms with Gasteiger partial charge in [-0.1, -0.05) is 48.5 Å². The van der Waals surface area contributed by atoms with Crippen molar-refractivity contribution in [2.45, 2.75) is 58.3 Å². The van der Waals surface area contributed by atoms with Crippen LogP contribution in [0.4, 0.5) is 10.5 Å². The molecule has 6 rings (SSSR count). The highest BCUT2D eigenvalue weighted by Crippen LogP contribution is 2.44. The average molecular weight is 554 g/mol. The molecule has 0 atom stereocenters. The number of hydrogen-bond donors (Lipinski definition) is 1. The van der Waals surface area contributed by atoms with Gasteiger partial charge in [-0.25, -0.2) is 4.79 Å². The zero-order valence-corrected chi connectivity index (χ0v) is 24.8. The standard InChI is InChI=1S/C33H40BN3O4/c1-22-23(18-24(35)19-30(22)34-40-32(2,3)33(4,5)41-34)20-36-14-16-37(17-15-36)31(38)39-21-29-27-12-8-6-10-25(27)26-11-7-9-13-28(26)29/h6-13,18-19,29H,14-17,20-21,35H2,1-5H3. The van der Waals surface area contributed by atoms with Crippen molar-refractivity contribution in [3.63, 3.8) is 0 Å². The van der Waals surface area contributed by atoms with Crippen LogP contribution in [0, 0.1) is 6.92 Å². The second kappa shape index (κ2) is 10.5. The first-order valence-electron chi connectivity index (χ1n) is 14.6. The van der Waals surface area contributed by atoms with E-state index in [1.54, 1.807) is 0 Å². The molecule has 2 fully saturated rings. The molecule has 8 heteroatoms. The van der Waals surface area contributed by atoms with Crippen LogP contribution in [0.5, 0.6) is 0 Å². The predicted molar refractivity (Wildman–Crippen MR) is 163 cm³/mol. The van der Waals surface area contributed by atoms with Gasteiger partial charge >= 0.3 is 13.2 Å². The van der Waals surface area contributed by atoms with Crippen LogP contribution in [-0.4, -0.2) is 67.0 Å². The lowest BCUT2D eigenvalue weighted by molar-refractivity contribution is 0.00578. The summed E-state index contributed by atoms with van der Waals surface area (Å²) in [6, 6.07) is 20.8. The summed E-state index contributed by atoms with van der Waals surface area (Å²) in [5.41, 5.74) is 14.4. The van der Waals surface area contributed by atoms with Crippen LogP contribution in [0.25, 0.3) is 11.1 Å². The topological polar surface area (TPSA) is 77.3 Å². The maximum Gasteiger partial charge on any atom is 0.495 e. The largest absolute Gasteiger partial charge is 0.495 e. The third kappa shape index (κ3) is 5.13. The van der Waals surface area contributed by atoms with E-state index >= 15 is 0 Å². The highest BCUT2D eigenvalue weighted by Gasteiger charge is 2.52. The van der Waals surface area contributed by atoms with E-state index in [-0.39, 0.29) is 12.0 Å². The van der Waals surface area contributed by atoms with E-state index in [0.717, 1.165) is 36.2 Å². The van der Waals surface area contributed by atoms with Crippen molar-refractivity contribution in [3.05, 3.63) is 82.9 Å². The van der Waals surface area contributed by atoms with Gasteiger partial charge in [0.2, 0.25) is 0 Å². The first-order chi connectivity index (χ1) is 19.5. The molecule has 0 spiro atoms. The monoisotopic (exact) mass is 553 g/mol. The Kier molecular flexibility index (Phi) is 7.13. The Morgan fingerprint density at radius 2 is 1.49 bits per heavy atom. The van der Waals surface area contributed by atoms with E-state index in [0.29, 0.717) is 25.4 Å². The molecule has 7 nitrogen and oxygen atoms in total. The molecule has 1 aliphatic carbocycles. The van der Waals surface area contributed by atoms with E-state index in [4.69, 9.17) is 19.8 Å². The van der Waals surface area contributed by atoms with E-state index in [1.165, 1.54) is 22.3 Å². The summed E-state index contributed by atoms with van der Waals surface area (Å²) >= 11 is 0. The average Bonchev–Trinajstić information content (AvgIpc) is 3.38. The van der Waals surface area contributed by atoms with Crippen LogP contribution in [0.3, 0.4) is 0 Å². The Morgan fingerprint density at radius 3 is 2.07 bits per heavy atom. The lowest BCUT2D eigenvalue weighted by Crippen LogP contribution is -2.48. The molecule has 3 aliphatic rings. The molecule has 0 saturated carbocycles. The number of carbonyl (C=O) groups excluding carboxylic acids is 1. The molecule has 2 saturated heterocycles. The zero-order valence-electron chi connectivity index (χ0n) is 24.8. The van der Waals surface area contributed by atoms with Crippen LogP contribution < -0.4 is 11.2 Å². The summed E-state index contributed by atoms with van der Waals surface area (Å²) in [6.45, 7) is 14.2. The van der Waals surface area contributed by atoms with Crippen LogP contribution in [-0.2, 0) is 20.6 Å². The van der Waals surface area contributed by atoms with Crippen LogP contribution in [0.2, 0.25) is 0 Å². The normalized spacial score (nSPS) is 19.7. The Balaban J connectivity index is 1.06. The van der Waals surface area contributed by atoms with Gasteiger partial charge in [0.25, 0.3) is 0 Å². The molecule has 3 aromatic rings. The number of rotatable bonds is 5. The number of benzene rings is 3. The maximum atomic E-state index is 13.1. The van der Waals surface area contributed by atoms with E-state index in [9.17, 15) is 4.79 Å². The van der Waals surface area contributed by atoms with Gasteiger partial charge in [0, 0.05) is 44.3 Å². The number of hydrogen-bond acceptors (Lipinski definition) is 6. The Bertz CT molecular complexity index is 1400. The summed E-state index contributed by atoms with van der Waals surface area (Å²) in [7, 11) is -0.451. The van der Waals surface area contributed by atoms with Crippen LogP contribution in [0.1, 0.15) is 55.9 Å². The summed E-state index contributed by atoms with van der Waals surface area (Å²) in [5, 5.41) is 0. The highest BCUT2D eigenvalue weighted by atomic mass is 16.7. The van der Waals surface area contributed by atoms with Crippen LogP contribution in [0.15, 0.2) is 60.7 Å². The lowest BCUT2D eigenvalue weighted by Gasteiger charge is -2.34. The van der Waals surface area contributed by atoms with Crippen molar-refractivity contribution < 1.29 is 18.8 Å². The van der Waals surface area contributed by atoms with Gasteiger partial charge in [0.05, 0.1) is 11.2 Å². The van der Waals surface area contributed by atoms with Gasteiger partial charge in [-0.2, -0.15) is 0 Å². The maximum absolute atomic E-state index is 13.1. The van der Waals surface area contributed by atoms with Crippen molar-refractivity contribution in [1.29, 1.82) is 0 Å². The molecule has 0 unspecified atom stereocenters. The minimum absolute atomic E-state index is 0.0670. The van der Waals surface area contributed by atoms with Crippen molar-refractivity contribution in [1.82, 2.24) is 9.80 Å². The smallest absolute Gasteiger partial charge is 0.448 e. The van der Waals surface area contributed by atoms with E-state index in [2.05, 4.69) is 88.0 Å². The quantitative estimate of drug-likeness (QED) is 0.356. The highest BCUT2D eigenvalue weighted by molar-refractivity contribution is 6.62. The predicted octanol–water partition coefficient (Wildman–Crippen LogP) is 4.94. The minimum Gasteiger partial charge on any atom is -0.448 e. The third-order valence-electron chi connectivity index (χ3n) is 9.45. The SMILES string of the molecule is Cc1c(CN2CCN(C(=O)OCC3c4ccccc4-c4ccccc43)CC2)cc(N)cc1B1OC(C)(C)C(C)(C)O1. The fraction of sp³-hybridized carbons (Fsp3) is 0.424. The number of amides is 1. The first kappa shape index (κ1) is 27.8. The third-order valence-corrected chi connectivity index (χ3v) is 9.45. The number of nitrogen functional groups attached to an aromatic ring is 1. The van der Waals surface area contributed by atoms with Gasteiger partial charge in [-0.15, -0.1) is 0 Å². The van der Waals surface area contributed by atoms with Crippen LogP contribution >= 0.6 is 0 Å². The molecular weight excluding hydrogens is 513 g/mol. The molecule has 2 heterocycles. The molecule has 0 aromatic heterocycles. The molecular formula is C33H40BN3O4. The lowest BCUT2D eigenvalue weighted by atomic mass is 9.74. The fourth-order valence-corrected chi connectivity index (χ4v) is 6.22. The second-order valence-corrected chi connectivity index (χ2v) is 12.5. The summed E-state index contributed by atoms with van der Waals surface area (Å²) in [4.78, 5) is 17.3. The summed E-state index contributed by atoms with van der Waals surface area (Å²) in [6.07, 6.45) is -0.241. The molecule has 41 heavy (non-hydrogen) atoms. The second-order valence-electron chi connectivity index (χ2n) is 12.5. The number of fused-ring (bicyclic) bond motifs is 3. The molecule has 2 N–H and O–H groups in total. The zero-order chi connectivity index (χ0) is 28.9. The first-order valence-corrected chi connectivity index (χ1v) is 14.6. The fourth-order valence-electron chi connectivity index (χ4n) is 6.22. The Hall–Kier alpha value is -3.33. The van der Waals surface area contributed by atoms with Crippen molar-refractivity contribution in [2.24, 2.45) is 0 Å². The number of piperazine rings is 1. The Labute approximate surface area is 243 Å². The van der Waals surface area contributed by atoms with E-state index < -0.39 is 18.3 Å². The molecule has 0 radical (unpaired) electrons. The van der Waals surface area contributed by atoms with Crippen molar-refractivity contribution in [3.8, 4) is 11.1 Å². The number of nitrogens with two attached hydrogens (primary N) is 1. The van der Waals surface area contributed by atoms with Gasteiger partial charge < -0.3 is 24.7 Å². The number of ether oxygens (including phenoxy) is 1. The van der Waals surface area contributed by atoms with Crippen molar-refractivity contribution >= 4 is 24.4 Å². The summed E-state index contributed by atoms with van der Waals surface area (Å²) in [5.74, 6) is 0.0670. The molecule has 214 valence electrons. The van der Waals surface area contributed by atoms with Gasteiger partial charge in [0.1, 0.15) is 6.61 Å². The number of nitrogens with zero attached hydrogens (tertiary/aromatic N) is 2. The van der Waals surface area contributed by atoms with E-state index in [1.807, 2.05) is 17.0 Å². The van der Waals surface area contributed by atoms with Gasteiger partial charge in [-0.3, -0.25) is 4.90 Å². The Morgan fingerprint density at radius 1 is 0.927 bits per heavy atom. The van der Waals surface area contributed by atoms with Gasteiger partial charge in [-0.05, 0) is 85.6 Å². The number of anilines is 1. The molecule has 3 aromatic carbocycles. The molecule has 1 amide bonds. The number of carbonyl (C=O) groups is 1. The van der Waals surface area contributed by atoms with Gasteiger partial charge in [0.15, 0.2) is 0 Å². The summed E-state index contributed by atoms with van der Waals surface area (Å²) < 4.78 is 18.5. The molecule has 0 bridgehead atoms.